The predicted octanol–water partition coefficient (Wildman–Crippen LogP) is 5.05. The van der Waals surface area contributed by atoms with E-state index < -0.39 is 12.1 Å². The molecule has 3 aromatic rings. The van der Waals surface area contributed by atoms with E-state index in [2.05, 4.69) is 0 Å². The molecule has 0 saturated carbocycles. The van der Waals surface area contributed by atoms with Gasteiger partial charge in [-0.25, -0.2) is 4.79 Å². The Balaban J connectivity index is 1.44. The summed E-state index contributed by atoms with van der Waals surface area (Å²) in [7, 11) is 1.45. The average Bonchev–Trinajstić information content (AvgIpc) is 3.35. The maximum Gasteiger partial charge on any atom is 0.410 e. The van der Waals surface area contributed by atoms with Gasteiger partial charge in [-0.1, -0.05) is 72.8 Å². The zero-order chi connectivity index (χ0) is 22.3. The first-order valence-corrected chi connectivity index (χ1v) is 10.7. The Bertz CT molecular complexity index is 1040. The van der Waals surface area contributed by atoms with Gasteiger partial charge in [-0.15, -0.1) is 0 Å². The third-order valence-electron chi connectivity index (χ3n) is 5.57. The van der Waals surface area contributed by atoms with E-state index in [1.807, 2.05) is 84.9 Å². The number of rotatable bonds is 6. The summed E-state index contributed by atoms with van der Waals surface area (Å²) in [6.45, 7) is 0.653. The monoisotopic (exact) mass is 430 g/mol. The topological polar surface area (TPSA) is 59.1 Å². The van der Waals surface area contributed by atoms with Crippen LogP contribution in [0.15, 0.2) is 84.9 Å². The van der Waals surface area contributed by atoms with Crippen molar-refractivity contribution >= 4 is 17.7 Å². The molecule has 0 spiro atoms. The molecule has 0 radical (unpaired) electrons. The summed E-state index contributed by atoms with van der Waals surface area (Å²) in [4.78, 5) is 32.9. The van der Waals surface area contributed by atoms with Crippen LogP contribution in [0.25, 0.3) is 11.1 Å². The minimum absolute atomic E-state index is 0.173. The standard InChI is InChI=1S/C26H26N2O4/c1-31-28(23-16-14-22(15-17-23)21-11-6-3-7-12-21)25(29)24-13-8-18-27(24)26(30)32-19-20-9-4-2-5-10-20/h2-7,9-12,14-17,24H,8,13,18-19H2,1H3. The van der Waals surface area contributed by atoms with Crippen LogP contribution in [0.3, 0.4) is 0 Å². The smallest absolute Gasteiger partial charge is 0.410 e. The number of hydrogen-bond donors (Lipinski definition) is 0. The Morgan fingerprint density at radius 2 is 1.53 bits per heavy atom. The van der Waals surface area contributed by atoms with Crippen LogP contribution in [-0.4, -0.2) is 36.6 Å². The summed E-state index contributed by atoms with van der Waals surface area (Å²) in [5.41, 5.74) is 3.66. The number of anilines is 1. The van der Waals surface area contributed by atoms with Crippen molar-refractivity contribution in [2.45, 2.75) is 25.5 Å². The van der Waals surface area contributed by atoms with Crippen LogP contribution < -0.4 is 5.06 Å². The van der Waals surface area contributed by atoms with Gasteiger partial charge in [0.25, 0.3) is 5.91 Å². The molecule has 1 fully saturated rings. The maximum atomic E-state index is 13.3. The van der Waals surface area contributed by atoms with Gasteiger partial charge in [-0.2, -0.15) is 5.06 Å². The number of carbonyl (C=O) groups is 2. The molecule has 1 heterocycles. The Labute approximate surface area is 187 Å². The lowest BCUT2D eigenvalue weighted by Crippen LogP contribution is -2.47. The molecule has 0 aromatic heterocycles. The molecule has 2 amide bonds. The first-order valence-electron chi connectivity index (χ1n) is 10.7. The zero-order valence-electron chi connectivity index (χ0n) is 18.0. The van der Waals surface area contributed by atoms with Gasteiger partial charge in [0.05, 0.1) is 12.8 Å². The summed E-state index contributed by atoms with van der Waals surface area (Å²) >= 11 is 0. The minimum atomic E-state index is -0.618. The minimum Gasteiger partial charge on any atom is -0.445 e. The van der Waals surface area contributed by atoms with Crippen molar-refractivity contribution in [1.29, 1.82) is 0 Å². The highest BCUT2D eigenvalue weighted by Crippen LogP contribution is 2.27. The summed E-state index contributed by atoms with van der Waals surface area (Å²) in [6.07, 6.45) is 0.822. The molecule has 0 bridgehead atoms. The third kappa shape index (κ3) is 4.81. The van der Waals surface area contributed by atoms with Gasteiger partial charge in [0, 0.05) is 6.54 Å². The van der Waals surface area contributed by atoms with Crippen molar-refractivity contribution in [3.8, 4) is 11.1 Å². The van der Waals surface area contributed by atoms with Crippen molar-refractivity contribution in [3.05, 3.63) is 90.5 Å². The van der Waals surface area contributed by atoms with E-state index in [9.17, 15) is 9.59 Å². The van der Waals surface area contributed by atoms with Crippen molar-refractivity contribution < 1.29 is 19.2 Å². The van der Waals surface area contributed by atoms with Crippen molar-refractivity contribution in [2.24, 2.45) is 0 Å². The van der Waals surface area contributed by atoms with Crippen LogP contribution in [0.1, 0.15) is 18.4 Å². The lowest BCUT2D eigenvalue weighted by molar-refractivity contribution is -0.128. The Morgan fingerprint density at radius 1 is 0.906 bits per heavy atom. The van der Waals surface area contributed by atoms with Gasteiger partial charge in [0.1, 0.15) is 12.6 Å². The number of carbonyl (C=O) groups excluding carboxylic acids is 2. The molecular weight excluding hydrogens is 404 g/mol. The fraction of sp³-hybridized carbons (Fsp3) is 0.231. The van der Waals surface area contributed by atoms with Crippen LogP contribution in [0, 0.1) is 0 Å². The van der Waals surface area contributed by atoms with Gasteiger partial charge in [-0.3, -0.25) is 14.5 Å². The maximum absolute atomic E-state index is 13.3. The second kappa shape index (κ2) is 10.1. The molecule has 1 unspecified atom stereocenters. The second-order valence-corrected chi connectivity index (χ2v) is 7.62. The van der Waals surface area contributed by atoms with E-state index in [1.54, 1.807) is 0 Å². The third-order valence-corrected chi connectivity index (χ3v) is 5.57. The van der Waals surface area contributed by atoms with E-state index in [0.717, 1.165) is 23.1 Å². The summed E-state index contributed by atoms with van der Waals surface area (Å²) < 4.78 is 5.45. The number of hydroxylamine groups is 1. The number of ether oxygens (including phenoxy) is 1. The number of amides is 2. The Kier molecular flexibility index (Phi) is 6.82. The van der Waals surface area contributed by atoms with E-state index in [0.29, 0.717) is 18.7 Å². The highest BCUT2D eigenvalue weighted by molar-refractivity contribution is 5.97. The number of hydrogen-bond acceptors (Lipinski definition) is 4. The highest BCUT2D eigenvalue weighted by Gasteiger charge is 2.38. The molecule has 32 heavy (non-hydrogen) atoms. The first kappa shape index (κ1) is 21.6. The van der Waals surface area contributed by atoms with E-state index >= 15 is 0 Å². The van der Waals surface area contributed by atoms with E-state index in [-0.39, 0.29) is 12.5 Å². The van der Waals surface area contributed by atoms with E-state index in [4.69, 9.17) is 9.57 Å². The number of benzene rings is 3. The average molecular weight is 431 g/mol. The molecule has 1 aliphatic rings. The summed E-state index contributed by atoms with van der Waals surface area (Å²) in [5.74, 6) is -0.283. The molecule has 6 nitrogen and oxygen atoms in total. The van der Waals surface area contributed by atoms with Crippen LogP contribution in [-0.2, 0) is 21.0 Å². The molecule has 164 valence electrons. The van der Waals surface area contributed by atoms with Crippen molar-refractivity contribution in [2.75, 3.05) is 18.7 Å². The fourth-order valence-corrected chi connectivity index (χ4v) is 3.92. The van der Waals surface area contributed by atoms with Gasteiger partial charge < -0.3 is 4.74 Å². The summed E-state index contributed by atoms with van der Waals surface area (Å²) in [6, 6.07) is 26.5. The summed E-state index contributed by atoms with van der Waals surface area (Å²) in [5, 5.41) is 1.25. The van der Waals surface area contributed by atoms with Gasteiger partial charge >= 0.3 is 6.09 Å². The molecule has 1 saturated heterocycles. The molecular formula is C26H26N2O4. The normalized spacial score (nSPS) is 15.4. The number of likely N-dealkylation sites (tertiary alicyclic amines) is 1. The second-order valence-electron chi connectivity index (χ2n) is 7.62. The quantitative estimate of drug-likeness (QED) is 0.514. The lowest BCUT2D eigenvalue weighted by Gasteiger charge is -2.28. The van der Waals surface area contributed by atoms with Crippen molar-refractivity contribution in [1.82, 2.24) is 4.90 Å². The van der Waals surface area contributed by atoms with Crippen LogP contribution in [0.5, 0.6) is 0 Å². The van der Waals surface area contributed by atoms with E-state index in [1.165, 1.54) is 17.1 Å². The molecule has 0 N–H and O–H groups in total. The van der Waals surface area contributed by atoms with Crippen molar-refractivity contribution in [3.63, 3.8) is 0 Å². The predicted molar refractivity (Wildman–Crippen MR) is 123 cm³/mol. The molecule has 4 rings (SSSR count). The van der Waals surface area contributed by atoms with Gasteiger partial charge in [-0.05, 0) is 41.7 Å². The Hall–Kier alpha value is -3.64. The molecule has 3 aromatic carbocycles. The Morgan fingerprint density at radius 3 is 2.19 bits per heavy atom. The number of nitrogens with zero attached hydrogens (tertiary/aromatic N) is 2. The van der Waals surface area contributed by atoms with Gasteiger partial charge in [0.2, 0.25) is 0 Å². The SMILES string of the molecule is CON(C(=O)C1CCCN1C(=O)OCc1ccccc1)c1ccc(-c2ccccc2)cc1. The zero-order valence-corrected chi connectivity index (χ0v) is 18.0. The first-order chi connectivity index (χ1) is 15.7. The lowest BCUT2D eigenvalue weighted by atomic mass is 10.1. The molecule has 0 aliphatic carbocycles. The molecule has 1 aliphatic heterocycles. The van der Waals surface area contributed by atoms with Gasteiger partial charge in [0.15, 0.2) is 0 Å². The molecule has 6 heteroatoms. The highest BCUT2D eigenvalue weighted by atomic mass is 16.7. The fourth-order valence-electron chi connectivity index (χ4n) is 3.92. The largest absolute Gasteiger partial charge is 0.445 e. The molecule has 1 atom stereocenters. The van der Waals surface area contributed by atoms with Crippen LogP contribution in [0.4, 0.5) is 10.5 Å². The van der Waals surface area contributed by atoms with Crippen LogP contribution in [0.2, 0.25) is 0 Å². The van der Waals surface area contributed by atoms with Crippen LogP contribution >= 0.6 is 0 Å².